The standard InChI is InChI=1S/C22H20N4O3S2/c1-3-29-21(28)18-16(15-9-5-4-6-10-15)13-30-20(18)23-19(27)14(2)31-22-25-24-17-11-7-8-12-26(17)22/h4-14H,3H2,1-2H3,(H,23,27). The topological polar surface area (TPSA) is 85.6 Å². The fraction of sp³-hybridized carbons (Fsp3) is 0.182. The molecule has 9 heteroatoms. The van der Waals surface area contributed by atoms with E-state index >= 15 is 0 Å². The quantitative estimate of drug-likeness (QED) is 0.322. The molecule has 0 saturated heterocycles. The van der Waals surface area contributed by atoms with E-state index in [0.717, 1.165) is 11.1 Å². The van der Waals surface area contributed by atoms with Crippen LogP contribution in [0.3, 0.4) is 0 Å². The van der Waals surface area contributed by atoms with Crippen molar-refractivity contribution in [2.45, 2.75) is 24.3 Å². The summed E-state index contributed by atoms with van der Waals surface area (Å²) in [6.45, 7) is 3.80. The van der Waals surface area contributed by atoms with Gasteiger partial charge in [-0.1, -0.05) is 48.2 Å². The highest BCUT2D eigenvalue weighted by molar-refractivity contribution is 8.00. The van der Waals surface area contributed by atoms with Gasteiger partial charge in [-0.05, 0) is 31.5 Å². The third-order valence-corrected chi connectivity index (χ3v) is 6.48. The molecule has 1 unspecified atom stereocenters. The zero-order valence-corrected chi connectivity index (χ0v) is 18.6. The van der Waals surface area contributed by atoms with E-state index in [4.69, 9.17) is 4.74 Å². The van der Waals surface area contributed by atoms with Crippen molar-refractivity contribution in [3.8, 4) is 11.1 Å². The second-order valence-corrected chi connectivity index (χ2v) is 8.79. The van der Waals surface area contributed by atoms with Crippen molar-refractivity contribution in [3.05, 3.63) is 65.7 Å². The average molecular weight is 453 g/mol. The summed E-state index contributed by atoms with van der Waals surface area (Å²) in [6.07, 6.45) is 1.85. The van der Waals surface area contributed by atoms with E-state index < -0.39 is 11.2 Å². The first-order chi connectivity index (χ1) is 15.1. The highest BCUT2D eigenvalue weighted by atomic mass is 32.2. The lowest BCUT2D eigenvalue weighted by Gasteiger charge is -2.12. The number of anilines is 1. The van der Waals surface area contributed by atoms with Gasteiger partial charge in [-0.25, -0.2) is 4.79 Å². The van der Waals surface area contributed by atoms with Gasteiger partial charge in [-0.15, -0.1) is 21.5 Å². The van der Waals surface area contributed by atoms with Crippen LogP contribution in [-0.4, -0.2) is 38.3 Å². The monoisotopic (exact) mass is 452 g/mol. The average Bonchev–Trinajstić information content (AvgIpc) is 3.39. The number of nitrogens with one attached hydrogen (secondary N) is 1. The van der Waals surface area contributed by atoms with Gasteiger partial charge in [0.15, 0.2) is 10.8 Å². The molecular weight excluding hydrogens is 432 g/mol. The molecule has 3 aromatic heterocycles. The number of amides is 1. The molecule has 0 aliphatic rings. The van der Waals surface area contributed by atoms with E-state index in [1.54, 1.807) is 13.8 Å². The molecule has 0 radical (unpaired) electrons. The summed E-state index contributed by atoms with van der Waals surface area (Å²) in [6, 6.07) is 15.2. The molecule has 0 aliphatic heterocycles. The molecule has 1 aromatic carbocycles. The van der Waals surface area contributed by atoms with Crippen LogP contribution < -0.4 is 5.32 Å². The van der Waals surface area contributed by atoms with Gasteiger partial charge in [-0.2, -0.15) is 0 Å². The highest BCUT2D eigenvalue weighted by Crippen LogP contribution is 2.36. The number of hydrogen-bond acceptors (Lipinski definition) is 7. The SMILES string of the molecule is CCOC(=O)c1c(-c2ccccc2)csc1NC(=O)C(C)Sc1nnc2ccccn12. The number of thioether (sulfide) groups is 1. The van der Waals surface area contributed by atoms with E-state index in [9.17, 15) is 9.59 Å². The zero-order chi connectivity index (χ0) is 21.8. The number of aromatic nitrogens is 3. The molecule has 31 heavy (non-hydrogen) atoms. The van der Waals surface area contributed by atoms with Crippen LogP contribution in [0.2, 0.25) is 0 Å². The van der Waals surface area contributed by atoms with E-state index in [1.807, 2.05) is 64.5 Å². The van der Waals surface area contributed by atoms with Gasteiger partial charge in [0.2, 0.25) is 5.91 Å². The molecule has 1 N–H and O–H groups in total. The molecule has 7 nitrogen and oxygen atoms in total. The van der Waals surface area contributed by atoms with Crippen molar-refractivity contribution >= 4 is 45.6 Å². The smallest absolute Gasteiger partial charge is 0.341 e. The predicted octanol–water partition coefficient (Wildman–Crippen LogP) is 4.75. The van der Waals surface area contributed by atoms with E-state index in [2.05, 4.69) is 15.5 Å². The number of benzene rings is 1. The number of carbonyl (C=O) groups excluding carboxylic acids is 2. The number of pyridine rings is 1. The van der Waals surface area contributed by atoms with Crippen molar-refractivity contribution in [2.24, 2.45) is 0 Å². The van der Waals surface area contributed by atoms with E-state index in [0.29, 0.717) is 21.4 Å². The molecule has 3 heterocycles. The Balaban J connectivity index is 1.57. The fourth-order valence-corrected chi connectivity index (χ4v) is 4.81. The minimum atomic E-state index is -0.457. The molecule has 4 rings (SSSR count). The molecule has 1 atom stereocenters. The van der Waals surface area contributed by atoms with Crippen LogP contribution >= 0.6 is 23.1 Å². The van der Waals surface area contributed by atoms with Crippen LogP contribution in [0.25, 0.3) is 16.8 Å². The Morgan fingerprint density at radius 1 is 1.16 bits per heavy atom. The van der Waals surface area contributed by atoms with E-state index in [-0.39, 0.29) is 12.5 Å². The maximum atomic E-state index is 12.9. The van der Waals surface area contributed by atoms with Gasteiger partial charge in [0.25, 0.3) is 0 Å². The van der Waals surface area contributed by atoms with Crippen molar-refractivity contribution in [3.63, 3.8) is 0 Å². The van der Waals surface area contributed by atoms with Crippen molar-refractivity contribution in [2.75, 3.05) is 11.9 Å². The lowest BCUT2D eigenvalue weighted by molar-refractivity contribution is -0.115. The third-order valence-electron chi connectivity index (χ3n) is 4.53. The lowest BCUT2D eigenvalue weighted by atomic mass is 10.0. The van der Waals surface area contributed by atoms with Crippen LogP contribution in [0.1, 0.15) is 24.2 Å². The molecular formula is C22H20N4O3S2. The maximum Gasteiger partial charge on any atom is 0.341 e. The Morgan fingerprint density at radius 3 is 2.71 bits per heavy atom. The van der Waals surface area contributed by atoms with Gasteiger partial charge < -0.3 is 10.1 Å². The number of rotatable bonds is 7. The molecule has 1 amide bonds. The van der Waals surface area contributed by atoms with Crippen LogP contribution in [0.4, 0.5) is 5.00 Å². The molecule has 0 bridgehead atoms. The van der Waals surface area contributed by atoms with Crippen molar-refractivity contribution < 1.29 is 14.3 Å². The Bertz CT molecular complexity index is 1220. The summed E-state index contributed by atoms with van der Waals surface area (Å²) >= 11 is 2.61. The van der Waals surface area contributed by atoms with Crippen LogP contribution in [0.5, 0.6) is 0 Å². The summed E-state index contributed by atoms with van der Waals surface area (Å²) < 4.78 is 7.08. The van der Waals surface area contributed by atoms with Crippen LogP contribution in [-0.2, 0) is 9.53 Å². The highest BCUT2D eigenvalue weighted by Gasteiger charge is 2.25. The van der Waals surface area contributed by atoms with Gasteiger partial charge in [0.1, 0.15) is 10.6 Å². The number of hydrogen-bond donors (Lipinski definition) is 1. The normalized spacial score (nSPS) is 11.9. The van der Waals surface area contributed by atoms with Crippen molar-refractivity contribution in [1.29, 1.82) is 0 Å². The van der Waals surface area contributed by atoms with Gasteiger partial charge in [-0.3, -0.25) is 9.20 Å². The number of thiophene rings is 1. The van der Waals surface area contributed by atoms with E-state index in [1.165, 1.54) is 23.1 Å². The summed E-state index contributed by atoms with van der Waals surface area (Å²) in [5, 5.41) is 13.7. The fourth-order valence-electron chi connectivity index (χ4n) is 3.01. The predicted molar refractivity (Wildman–Crippen MR) is 123 cm³/mol. The number of esters is 1. The number of carbonyl (C=O) groups is 2. The Kier molecular flexibility index (Phi) is 6.34. The summed E-state index contributed by atoms with van der Waals surface area (Å²) in [4.78, 5) is 25.6. The molecule has 158 valence electrons. The van der Waals surface area contributed by atoms with Crippen LogP contribution in [0.15, 0.2) is 65.3 Å². The van der Waals surface area contributed by atoms with Crippen molar-refractivity contribution in [1.82, 2.24) is 14.6 Å². The number of fused-ring (bicyclic) bond motifs is 1. The molecule has 0 aliphatic carbocycles. The Labute approximate surface area is 187 Å². The van der Waals surface area contributed by atoms with Gasteiger partial charge in [0, 0.05) is 17.1 Å². The second kappa shape index (κ2) is 9.32. The Hall–Kier alpha value is -3.17. The zero-order valence-electron chi connectivity index (χ0n) is 16.9. The van der Waals surface area contributed by atoms with Crippen LogP contribution in [0, 0.1) is 0 Å². The minimum absolute atomic E-state index is 0.232. The Morgan fingerprint density at radius 2 is 1.94 bits per heavy atom. The molecule has 0 saturated carbocycles. The first-order valence-corrected chi connectivity index (χ1v) is 11.5. The molecule has 0 spiro atoms. The molecule has 4 aromatic rings. The summed E-state index contributed by atoms with van der Waals surface area (Å²) in [5.41, 5.74) is 2.72. The molecule has 0 fully saturated rings. The first kappa shape index (κ1) is 21.1. The van der Waals surface area contributed by atoms with Gasteiger partial charge >= 0.3 is 5.97 Å². The number of nitrogens with zero attached hydrogens (tertiary/aromatic N) is 3. The maximum absolute atomic E-state index is 12.9. The first-order valence-electron chi connectivity index (χ1n) is 9.69. The largest absolute Gasteiger partial charge is 0.462 e. The minimum Gasteiger partial charge on any atom is -0.462 e. The summed E-state index contributed by atoms with van der Waals surface area (Å²) in [5.74, 6) is -0.689. The lowest BCUT2D eigenvalue weighted by Crippen LogP contribution is -2.23. The van der Waals surface area contributed by atoms with Gasteiger partial charge in [0.05, 0.1) is 11.9 Å². The number of ether oxygens (including phenoxy) is 1. The second-order valence-electron chi connectivity index (χ2n) is 6.60. The summed E-state index contributed by atoms with van der Waals surface area (Å²) in [7, 11) is 0. The third kappa shape index (κ3) is 4.47.